The molecule has 1 aliphatic rings. The van der Waals surface area contributed by atoms with Crippen LogP contribution in [0.15, 0.2) is 0 Å². The van der Waals surface area contributed by atoms with Gasteiger partial charge in [-0.25, -0.2) is 0 Å². The molecule has 0 bridgehead atoms. The number of ether oxygens (including phenoxy) is 1. The summed E-state index contributed by atoms with van der Waals surface area (Å²) in [5, 5.41) is 3.29. The minimum absolute atomic E-state index is 0.108. The van der Waals surface area contributed by atoms with E-state index in [0.29, 0.717) is 12.6 Å². The molecule has 2 atom stereocenters. The molecule has 0 aromatic rings. The van der Waals surface area contributed by atoms with Gasteiger partial charge in [0.05, 0.1) is 6.61 Å². The van der Waals surface area contributed by atoms with E-state index in [9.17, 15) is 4.79 Å². The van der Waals surface area contributed by atoms with Gasteiger partial charge in [-0.3, -0.25) is 4.79 Å². The van der Waals surface area contributed by atoms with Crippen LogP contribution in [0.4, 0.5) is 0 Å². The Morgan fingerprint density at radius 3 is 2.63 bits per heavy atom. The first-order valence-electron chi connectivity index (χ1n) is 7.70. The molecule has 0 amide bonds. The van der Waals surface area contributed by atoms with Crippen molar-refractivity contribution in [3.63, 3.8) is 0 Å². The Bertz CT molecular complexity index is 267. The lowest BCUT2D eigenvalue weighted by Gasteiger charge is -2.26. The van der Waals surface area contributed by atoms with Gasteiger partial charge in [0.2, 0.25) is 0 Å². The highest BCUT2D eigenvalue weighted by molar-refractivity contribution is 5.75. The van der Waals surface area contributed by atoms with E-state index < -0.39 is 0 Å². The van der Waals surface area contributed by atoms with E-state index in [1.807, 2.05) is 6.92 Å². The molecule has 0 spiro atoms. The van der Waals surface area contributed by atoms with Crippen molar-refractivity contribution >= 4 is 5.97 Å². The van der Waals surface area contributed by atoms with Gasteiger partial charge in [0.1, 0.15) is 6.04 Å². The first-order valence-corrected chi connectivity index (χ1v) is 7.70. The quantitative estimate of drug-likeness (QED) is 0.617. The molecule has 0 aliphatic heterocycles. The zero-order chi connectivity index (χ0) is 14.3. The number of nitrogens with zero attached hydrogens (tertiary/aromatic N) is 1. The molecule has 1 saturated carbocycles. The molecule has 1 fully saturated rings. The maximum Gasteiger partial charge on any atom is 0.323 e. The summed E-state index contributed by atoms with van der Waals surface area (Å²) in [4.78, 5) is 14.2. The molecule has 0 radical (unpaired) electrons. The standard InChI is InChI=1S/C15H30N2O2/c1-5-10-16-14(15(18)19-6-2)9-11-17(4)12(3)13-7-8-13/h12-14,16H,5-11H2,1-4H3. The average Bonchev–Trinajstić information content (AvgIpc) is 3.22. The largest absolute Gasteiger partial charge is 0.465 e. The van der Waals surface area contributed by atoms with Crippen LogP contribution in [0.2, 0.25) is 0 Å². The molecule has 1 aliphatic carbocycles. The van der Waals surface area contributed by atoms with Crippen molar-refractivity contribution in [2.45, 2.75) is 58.5 Å². The molecule has 112 valence electrons. The summed E-state index contributed by atoms with van der Waals surface area (Å²) < 4.78 is 5.13. The van der Waals surface area contributed by atoms with Crippen molar-refractivity contribution in [1.82, 2.24) is 10.2 Å². The van der Waals surface area contributed by atoms with Crippen LogP contribution in [0.3, 0.4) is 0 Å². The Morgan fingerprint density at radius 2 is 2.11 bits per heavy atom. The van der Waals surface area contributed by atoms with Crippen molar-refractivity contribution in [2.24, 2.45) is 5.92 Å². The normalized spacial score (nSPS) is 18.4. The van der Waals surface area contributed by atoms with Crippen LogP contribution < -0.4 is 5.32 Å². The van der Waals surface area contributed by atoms with E-state index in [4.69, 9.17) is 4.74 Å². The number of rotatable bonds is 10. The predicted molar refractivity (Wildman–Crippen MR) is 78.1 cm³/mol. The number of esters is 1. The Balaban J connectivity index is 2.35. The monoisotopic (exact) mass is 270 g/mol. The van der Waals surface area contributed by atoms with Crippen LogP contribution in [0.25, 0.3) is 0 Å². The van der Waals surface area contributed by atoms with Crippen LogP contribution in [0, 0.1) is 5.92 Å². The fourth-order valence-corrected chi connectivity index (χ4v) is 2.34. The summed E-state index contributed by atoms with van der Waals surface area (Å²) in [6.07, 6.45) is 4.58. The van der Waals surface area contributed by atoms with Crippen molar-refractivity contribution in [3.05, 3.63) is 0 Å². The van der Waals surface area contributed by atoms with Crippen LogP contribution in [-0.4, -0.2) is 49.7 Å². The highest BCUT2D eigenvalue weighted by Gasteiger charge is 2.30. The van der Waals surface area contributed by atoms with Gasteiger partial charge in [0.15, 0.2) is 0 Å². The van der Waals surface area contributed by atoms with Gasteiger partial charge >= 0.3 is 5.97 Å². The lowest BCUT2D eigenvalue weighted by atomic mass is 10.1. The molecule has 2 unspecified atom stereocenters. The molecular formula is C15H30N2O2. The molecule has 4 nitrogen and oxygen atoms in total. The van der Waals surface area contributed by atoms with Gasteiger partial charge in [-0.1, -0.05) is 6.92 Å². The van der Waals surface area contributed by atoms with E-state index in [1.54, 1.807) is 0 Å². The van der Waals surface area contributed by atoms with E-state index >= 15 is 0 Å². The minimum Gasteiger partial charge on any atom is -0.465 e. The number of carbonyl (C=O) groups excluding carboxylic acids is 1. The molecule has 1 rings (SSSR count). The molecule has 4 heteroatoms. The van der Waals surface area contributed by atoms with Crippen LogP contribution in [-0.2, 0) is 9.53 Å². The van der Waals surface area contributed by atoms with Gasteiger partial charge in [-0.2, -0.15) is 0 Å². The lowest BCUT2D eigenvalue weighted by molar-refractivity contribution is -0.145. The zero-order valence-electron chi connectivity index (χ0n) is 12.9. The highest BCUT2D eigenvalue weighted by Crippen LogP contribution is 2.34. The topological polar surface area (TPSA) is 41.6 Å². The molecule has 1 N–H and O–H groups in total. The van der Waals surface area contributed by atoms with Gasteiger partial charge < -0.3 is 15.0 Å². The Morgan fingerprint density at radius 1 is 1.42 bits per heavy atom. The van der Waals surface area contributed by atoms with Gasteiger partial charge in [-0.15, -0.1) is 0 Å². The summed E-state index contributed by atoms with van der Waals surface area (Å²) in [6, 6.07) is 0.475. The van der Waals surface area contributed by atoms with Crippen LogP contribution in [0.5, 0.6) is 0 Å². The van der Waals surface area contributed by atoms with Crippen molar-refractivity contribution in [2.75, 3.05) is 26.7 Å². The fourth-order valence-electron chi connectivity index (χ4n) is 2.34. The molecular weight excluding hydrogens is 240 g/mol. The highest BCUT2D eigenvalue weighted by atomic mass is 16.5. The average molecular weight is 270 g/mol. The predicted octanol–water partition coefficient (Wildman–Crippen LogP) is 2.04. The van der Waals surface area contributed by atoms with Crippen molar-refractivity contribution in [3.8, 4) is 0 Å². The lowest BCUT2D eigenvalue weighted by Crippen LogP contribution is -2.42. The SMILES string of the molecule is CCCNC(CCN(C)C(C)C1CC1)C(=O)OCC. The van der Waals surface area contributed by atoms with E-state index in [2.05, 4.69) is 31.1 Å². The second-order valence-electron chi connectivity index (χ2n) is 5.61. The summed E-state index contributed by atoms with van der Waals surface area (Å²) in [7, 11) is 2.16. The first kappa shape index (κ1) is 16.4. The third-order valence-electron chi connectivity index (χ3n) is 3.98. The van der Waals surface area contributed by atoms with Crippen molar-refractivity contribution < 1.29 is 9.53 Å². The molecule has 0 aromatic heterocycles. The van der Waals surface area contributed by atoms with Gasteiger partial charge in [-0.05, 0) is 59.0 Å². The Labute approximate surface area is 117 Å². The zero-order valence-corrected chi connectivity index (χ0v) is 12.9. The Hall–Kier alpha value is -0.610. The summed E-state index contributed by atoms with van der Waals surface area (Å²) in [5.41, 5.74) is 0. The first-order chi connectivity index (χ1) is 9.10. The van der Waals surface area contributed by atoms with Crippen LogP contribution >= 0.6 is 0 Å². The number of carbonyl (C=O) groups is 1. The van der Waals surface area contributed by atoms with Crippen molar-refractivity contribution in [1.29, 1.82) is 0 Å². The summed E-state index contributed by atoms with van der Waals surface area (Å²) in [6.45, 7) is 8.52. The smallest absolute Gasteiger partial charge is 0.323 e. The maximum atomic E-state index is 11.9. The number of hydrogen-bond acceptors (Lipinski definition) is 4. The molecule has 0 heterocycles. The van der Waals surface area contributed by atoms with Gasteiger partial charge in [0, 0.05) is 12.6 Å². The summed E-state index contributed by atoms with van der Waals surface area (Å²) in [5.74, 6) is 0.762. The molecule has 19 heavy (non-hydrogen) atoms. The van der Waals surface area contributed by atoms with E-state index in [0.717, 1.165) is 31.8 Å². The van der Waals surface area contributed by atoms with E-state index in [1.165, 1.54) is 12.8 Å². The van der Waals surface area contributed by atoms with Crippen LogP contribution in [0.1, 0.15) is 46.5 Å². The molecule has 0 aromatic carbocycles. The van der Waals surface area contributed by atoms with Gasteiger partial charge in [0.25, 0.3) is 0 Å². The maximum absolute atomic E-state index is 11.9. The number of nitrogens with one attached hydrogen (secondary N) is 1. The molecule has 0 saturated heterocycles. The number of hydrogen-bond donors (Lipinski definition) is 1. The third-order valence-corrected chi connectivity index (χ3v) is 3.98. The minimum atomic E-state index is -0.159. The fraction of sp³-hybridized carbons (Fsp3) is 0.933. The second kappa shape index (κ2) is 8.54. The third kappa shape index (κ3) is 5.91. The summed E-state index contributed by atoms with van der Waals surface area (Å²) >= 11 is 0. The van der Waals surface area contributed by atoms with E-state index in [-0.39, 0.29) is 12.0 Å². The Kier molecular flexibility index (Phi) is 7.39. The second-order valence-corrected chi connectivity index (χ2v) is 5.61.